The van der Waals surface area contributed by atoms with Crippen LogP contribution in [0.4, 0.5) is 0 Å². The summed E-state index contributed by atoms with van der Waals surface area (Å²) in [5.74, 6) is 2.42. The highest BCUT2D eigenvalue weighted by Gasteiger charge is 2.22. The van der Waals surface area contributed by atoms with Crippen LogP contribution in [0.3, 0.4) is 0 Å². The van der Waals surface area contributed by atoms with Crippen LogP contribution in [0.25, 0.3) is 0 Å². The molecule has 1 aromatic carbocycles. The minimum absolute atomic E-state index is 0.346. The summed E-state index contributed by atoms with van der Waals surface area (Å²) < 4.78 is 15.9. The van der Waals surface area contributed by atoms with Gasteiger partial charge in [0.2, 0.25) is 6.79 Å². The first kappa shape index (κ1) is 11.8. The predicted molar refractivity (Wildman–Crippen MR) is 67.8 cm³/mol. The molecule has 2 heterocycles. The van der Waals surface area contributed by atoms with Crippen molar-refractivity contribution in [2.24, 2.45) is 5.92 Å². The molecule has 0 bridgehead atoms. The van der Waals surface area contributed by atoms with E-state index in [2.05, 4.69) is 17.0 Å². The van der Waals surface area contributed by atoms with E-state index < -0.39 is 0 Å². The highest BCUT2D eigenvalue weighted by Crippen LogP contribution is 2.33. The van der Waals surface area contributed by atoms with Crippen LogP contribution in [-0.2, 0) is 11.3 Å². The first-order valence-electron chi connectivity index (χ1n) is 6.45. The van der Waals surface area contributed by atoms with Crippen molar-refractivity contribution >= 4 is 0 Å². The monoisotopic (exact) mass is 249 g/mol. The van der Waals surface area contributed by atoms with Crippen molar-refractivity contribution in [2.45, 2.75) is 13.0 Å². The number of rotatable bonds is 4. The van der Waals surface area contributed by atoms with Crippen LogP contribution in [0.15, 0.2) is 18.2 Å². The second-order valence-electron chi connectivity index (χ2n) is 5.03. The Morgan fingerprint density at radius 2 is 2.22 bits per heavy atom. The van der Waals surface area contributed by atoms with Crippen LogP contribution < -0.4 is 9.47 Å². The summed E-state index contributed by atoms with van der Waals surface area (Å²) in [6.45, 7) is 4.48. The number of likely N-dealkylation sites (tertiary alicyclic amines) is 1. The number of fused-ring (bicyclic) bond motifs is 1. The number of hydrogen-bond acceptors (Lipinski definition) is 4. The van der Waals surface area contributed by atoms with Gasteiger partial charge in [-0.2, -0.15) is 0 Å². The van der Waals surface area contributed by atoms with Crippen LogP contribution in [0.5, 0.6) is 11.5 Å². The molecule has 0 N–H and O–H groups in total. The standard InChI is InChI=1S/C14H19NO3/c1-16-9-12-4-5-15(8-12)7-11-2-3-13-14(6-11)18-10-17-13/h2-3,6,12H,4-5,7-10H2,1H3/t12-/m1/s1. The molecule has 0 amide bonds. The number of ether oxygens (including phenoxy) is 3. The van der Waals surface area contributed by atoms with Crippen molar-refractivity contribution in [3.05, 3.63) is 23.8 Å². The highest BCUT2D eigenvalue weighted by molar-refractivity contribution is 5.44. The fraction of sp³-hybridized carbons (Fsp3) is 0.571. The first-order valence-corrected chi connectivity index (χ1v) is 6.45. The fourth-order valence-corrected chi connectivity index (χ4v) is 2.73. The van der Waals surface area contributed by atoms with Crippen molar-refractivity contribution in [1.82, 2.24) is 4.90 Å². The Kier molecular flexibility index (Phi) is 3.39. The average Bonchev–Trinajstić information content (AvgIpc) is 2.98. The molecule has 4 nitrogen and oxygen atoms in total. The Hall–Kier alpha value is -1.26. The lowest BCUT2D eigenvalue weighted by molar-refractivity contribution is 0.152. The van der Waals surface area contributed by atoms with Gasteiger partial charge in [0, 0.05) is 20.2 Å². The van der Waals surface area contributed by atoms with E-state index >= 15 is 0 Å². The van der Waals surface area contributed by atoms with E-state index in [0.717, 1.165) is 37.7 Å². The van der Waals surface area contributed by atoms with E-state index in [1.807, 2.05) is 6.07 Å². The summed E-state index contributed by atoms with van der Waals surface area (Å²) in [7, 11) is 1.78. The molecule has 0 radical (unpaired) electrons. The van der Waals surface area contributed by atoms with Crippen LogP contribution in [0.1, 0.15) is 12.0 Å². The lowest BCUT2D eigenvalue weighted by atomic mass is 10.1. The van der Waals surface area contributed by atoms with Gasteiger partial charge in [0.15, 0.2) is 11.5 Å². The Bertz CT molecular complexity index is 422. The maximum absolute atomic E-state index is 5.40. The van der Waals surface area contributed by atoms with Gasteiger partial charge >= 0.3 is 0 Å². The molecule has 1 aromatic rings. The zero-order chi connectivity index (χ0) is 12.4. The second-order valence-corrected chi connectivity index (χ2v) is 5.03. The van der Waals surface area contributed by atoms with Crippen LogP contribution in [0.2, 0.25) is 0 Å². The first-order chi connectivity index (χ1) is 8.85. The lowest BCUT2D eigenvalue weighted by Crippen LogP contribution is -2.21. The minimum atomic E-state index is 0.346. The Morgan fingerprint density at radius 3 is 3.11 bits per heavy atom. The molecule has 0 aliphatic carbocycles. The van der Waals surface area contributed by atoms with Crippen LogP contribution >= 0.6 is 0 Å². The van der Waals surface area contributed by atoms with Gasteiger partial charge in [0.25, 0.3) is 0 Å². The molecule has 4 heteroatoms. The van der Waals surface area contributed by atoms with E-state index in [4.69, 9.17) is 14.2 Å². The molecule has 0 spiro atoms. The Morgan fingerprint density at radius 1 is 1.33 bits per heavy atom. The average molecular weight is 249 g/mol. The summed E-state index contributed by atoms with van der Waals surface area (Å²) in [4.78, 5) is 2.47. The van der Waals surface area contributed by atoms with Gasteiger partial charge in [-0.3, -0.25) is 4.90 Å². The zero-order valence-corrected chi connectivity index (χ0v) is 10.7. The summed E-state index contributed by atoms with van der Waals surface area (Å²) in [5.41, 5.74) is 1.29. The SMILES string of the molecule is COC[C@@H]1CCN(Cc2ccc3c(c2)OCO3)C1. The molecule has 0 aromatic heterocycles. The Balaban J connectivity index is 1.60. The van der Waals surface area contributed by atoms with Crippen LogP contribution in [-0.4, -0.2) is 38.5 Å². The van der Waals surface area contributed by atoms with Gasteiger partial charge < -0.3 is 14.2 Å². The number of nitrogens with zero attached hydrogens (tertiary/aromatic N) is 1. The molecule has 0 unspecified atom stereocenters. The summed E-state index contributed by atoms with van der Waals surface area (Å²) in [6, 6.07) is 6.21. The van der Waals surface area contributed by atoms with Crippen molar-refractivity contribution in [3.63, 3.8) is 0 Å². The van der Waals surface area contributed by atoms with Gasteiger partial charge in [0.1, 0.15) is 0 Å². The highest BCUT2D eigenvalue weighted by atomic mass is 16.7. The maximum atomic E-state index is 5.40. The normalized spacial score (nSPS) is 22.6. The third kappa shape index (κ3) is 2.44. The van der Waals surface area contributed by atoms with Crippen LogP contribution in [0, 0.1) is 5.92 Å². The zero-order valence-electron chi connectivity index (χ0n) is 10.7. The fourth-order valence-electron chi connectivity index (χ4n) is 2.73. The number of hydrogen-bond donors (Lipinski definition) is 0. The second kappa shape index (κ2) is 5.16. The molecule has 0 saturated carbocycles. The van der Waals surface area contributed by atoms with E-state index in [0.29, 0.717) is 12.7 Å². The maximum Gasteiger partial charge on any atom is 0.231 e. The number of methoxy groups -OCH3 is 1. The van der Waals surface area contributed by atoms with Crippen molar-refractivity contribution in [2.75, 3.05) is 33.6 Å². The summed E-state index contributed by atoms with van der Waals surface area (Å²) in [5, 5.41) is 0. The van der Waals surface area contributed by atoms with Gasteiger partial charge in [-0.15, -0.1) is 0 Å². The topological polar surface area (TPSA) is 30.9 Å². The molecule has 1 fully saturated rings. The molecule has 2 aliphatic rings. The van der Waals surface area contributed by atoms with E-state index in [9.17, 15) is 0 Å². The third-order valence-electron chi connectivity index (χ3n) is 3.62. The molecular formula is C14H19NO3. The lowest BCUT2D eigenvalue weighted by Gasteiger charge is -2.16. The molecule has 1 saturated heterocycles. The third-order valence-corrected chi connectivity index (χ3v) is 3.62. The molecular weight excluding hydrogens is 230 g/mol. The van der Waals surface area contributed by atoms with Gasteiger partial charge in [-0.05, 0) is 36.6 Å². The van der Waals surface area contributed by atoms with Gasteiger partial charge in [-0.1, -0.05) is 6.07 Å². The van der Waals surface area contributed by atoms with Crippen molar-refractivity contribution in [1.29, 1.82) is 0 Å². The quantitative estimate of drug-likeness (QED) is 0.815. The van der Waals surface area contributed by atoms with E-state index in [1.165, 1.54) is 12.0 Å². The molecule has 98 valence electrons. The number of benzene rings is 1. The predicted octanol–water partition coefficient (Wildman–Crippen LogP) is 1.88. The van der Waals surface area contributed by atoms with E-state index in [1.54, 1.807) is 7.11 Å². The molecule has 3 rings (SSSR count). The molecule has 2 aliphatic heterocycles. The minimum Gasteiger partial charge on any atom is -0.454 e. The van der Waals surface area contributed by atoms with Crippen molar-refractivity contribution in [3.8, 4) is 11.5 Å². The molecule has 18 heavy (non-hydrogen) atoms. The summed E-state index contributed by atoms with van der Waals surface area (Å²) in [6.07, 6.45) is 1.23. The van der Waals surface area contributed by atoms with Gasteiger partial charge in [-0.25, -0.2) is 0 Å². The largest absolute Gasteiger partial charge is 0.454 e. The van der Waals surface area contributed by atoms with Crippen molar-refractivity contribution < 1.29 is 14.2 Å². The Labute approximate surface area is 107 Å². The van der Waals surface area contributed by atoms with Gasteiger partial charge in [0.05, 0.1) is 6.61 Å². The molecule has 1 atom stereocenters. The smallest absolute Gasteiger partial charge is 0.231 e. The van der Waals surface area contributed by atoms with E-state index in [-0.39, 0.29) is 0 Å². The summed E-state index contributed by atoms with van der Waals surface area (Å²) >= 11 is 0.